The third-order valence-corrected chi connectivity index (χ3v) is 5.43. The molecule has 0 fully saturated rings. The third kappa shape index (κ3) is 3.71. The van der Waals surface area contributed by atoms with Crippen molar-refractivity contribution in [3.8, 4) is 0 Å². The topological polar surface area (TPSA) is 49.4 Å². The standard InChI is InChI=1S/C17H19FN2O2S/c1-13-2-6-17(7-3-13)23(21,22)19-16-5-4-14-8-10-20(18)11-9-15(14)12-16/h2-7,12,19H,8-11H2,1H3. The highest BCUT2D eigenvalue weighted by Gasteiger charge is 2.17. The molecule has 23 heavy (non-hydrogen) atoms. The van der Waals surface area contributed by atoms with Crippen LogP contribution in [0.25, 0.3) is 0 Å². The van der Waals surface area contributed by atoms with Crippen LogP contribution in [0.4, 0.5) is 10.2 Å². The van der Waals surface area contributed by atoms with Crippen LogP contribution in [0, 0.1) is 6.92 Å². The zero-order chi connectivity index (χ0) is 16.4. The van der Waals surface area contributed by atoms with Crippen molar-refractivity contribution < 1.29 is 12.9 Å². The van der Waals surface area contributed by atoms with E-state index in [1.807, 2.05) is 13.0 Å². The molecular weight excluding hydrogens is 315 g/mol. The number of benzene rings is 2. The molecule has 0 bridgehead atoms. The minimum Gasteiger partial charge on any atom is -0.280 e. The minimum atomic E-state index is -3.61. The van der Waals surface area contributed by atoms with E-state index in [4.69, 9.17) is 0 Å². The van der Waals surface area contributed by atoms with Crippen LogP contribution in [0.5, 0.6) is 0 Å². The van der Waals surface area contributed by atoms with Crippen molar-refractivity contribution in [1.82, 2.24) is 5.12 Å². The van der Waals surface area contributed by atoms with Crippen molar-refractivity contribution in [3.05, 3.63) is 59.2 Å². The van der Waals surface area contributed by atoms with E-state index in [9.17, 15) is 12.9 Å². The summed E-state index contributed by atoms with van der Waals surface area (Å²) < 4.78 is 40.8. The molecule has 1 aliphatic heterocycles. The van der Waals surface area contributed by atoms with Crippen LogP contribution in [-0.4, -0.2) is 26.6 Å². The second-order valence-electron chi connectivity index (χ2n) is 5.81. The summed E-state index contributed by atoms with van der Waals surface area (Å²) in [5.74, 6) is 0. The molecule has 2 aromatic rings. The van der Waals surface area contributed by atoms with Gasteiger partial charge in [0.2, 0.25) is 0 Å². The minimum absolute atomic E-state index is 0.230. The van der Waals surface area contributed by atoms with Crippen molar-refractivity contribution in [2.45, 2.75) is 24.7 Å². The number of hydrogen-bond donors (Lipinski definition) is 1. The first-order chi connectivity index (χ1) is 10.9. The molecule has 1 aliphatic rings. The maximum atomic E-state index is 13.4. The van der Waals surface area contributed by atoms with Gasteiger partial charge in [0, 0.05) is 18.8 Å². The first-order valence-electron chi connectivity index (χ1n) is 7.56. The second kappa shape index (κ2) is 6.29. The maximum Gasteiger partial charge on any atom is 0.261 e. The maximum absolute atomic E-state index is 13.4. The average molecular weight is 334 g/mol. The van der Waals surface area contributed by atoms with Crippen LogP contribution in [0.15, 0.2) is 47.4 Å². The molecule has 1 heterocycles. The fraction of sp³-hybridized carbons (Fsp3) is 0.294. The van der Waals surface area contributed by atoms with Crippen LogP contribution < -0.4 is 4.72 Å². The predicted molar refractivity (Wildman–Crippen MR) is 88.5 cm³/mol. The SMILES string of the molecule is Cc1ccc(S(=O)(=O)Nc2ccc3c(c2)CCN(F)CC3)cc1. The fourth-order valence-corrected chi connectivity index (χ4v) is 3.74. The van der Waals surface area contributed by atoms with Gasteiger partial charge in [-0.05, 0) is 55.2 Å². The first-order valence-corrected chi connectivity index (χ1v) is 9.04. The van der Waals surface area contributed by atoms with Crippen LogP contribution in [0.1, 0.15) is 16.7 Å². The summed E-state index contributed by atoms with van der Waals surface area (Å²) in [4.78, 5) is 0.230. The molecule has 122 valence electrons. The lowest BCUT2D eigenvalue weighted by Gasteiger charge is -2.11. The number of hydrogen-bond acceptors (Lipinski definition) is 3. The van der Waals surface area contributed by atoms with Gasteiger partial charge in [0.05, 0.1) is 4.90 Å². The van der Waals surface area contributed by atoms with Gasteiger partial charge < -0.3 is 0 Å². The molecule has 0 amide bonds. The largest absolute Gasteiger partial charge is 0.280 e. The van der Waals surface area contributed by atoms with E-state index in [0.29, 0.717) is 31.6 Å². The summed E-state index contributed by atoms with van der Waals surface area (Å²) in [5, 5.41) is 0.802. The Morgan fingerprint density at radius 2 is 1.65 bits per heavy atom. The van der Waals surface area contributed by atoms with E-state index in [0.717, 1.165) is 21.8 Å². The highest BCUT2D eigenvalue weighted by atomic mass is 32.2. The van der Waals surface area contributed by atoms with Gasteiger partial charge >= 0.3 is 0 Å². The highest BCUT2D eigenvalue weighted by molar-refractivity contribution is 7.92. The Labute approximate surface area is 135 Å². The van der Waals surface area contributed by atoms with Crippen LogP contribution in [-0.2, 0) is 22.9 Å². The lowest BCUT2D eigenvalue weighted by atomic mass is 10.0. The third-order valence-electron chi connectivity index (χ3n) is 4.04. The Kier molecular flexibility index (Phi) is 4.37. The number of nitrogens with zero attached hydrogens (tertiary/aromatic N) is 1. The molecule has 0 saturated heterocycles. The van der Waals surface area contributed by atoms with E-state index in [1.165, 1.54) is 0 Å². The molecule has 1 N–H and O–H groups in total. The number of halogens is 1. The molecule has 3 rings (SSSR count). The summed E-state index contributed by atoms with van der Waals surface area (Å²) >= 11 is 0. The zero-order valence-electron chi connectivity index (χ0n) is 12.9. The monoisotopic (exact) mass is 334 g/mol. The summed E-state index contributed by atoms with van der Waals surface area (Å²) in [5.41, 5.74) is 3.58. The van der Waals surface area contributed by atoms with Gasteiger partial charge in [0.1, 0.15) is 0 Å². The lowest BCUT2D eigenvalue weighted by Crippen LogP contribution is -2.16. The predicted octanol–water partition coefficient (Wildman–Crippen LogP) is 3.08. The van der Waals surface area contributed by atoms with E-state index < -0.39 is 10.0 Å². The number of anilines is 1. The smallest absolute Gasteiger partial charge is 0.261 e. The Morgan fingerprint density at radius 3 is 2.35 bits per heavy atom. The molecule has 0 saturated carbocycles. The van der Waals surface area contributed by atoms with E-state index in [2.05, 4.69) is 4.72 Å². The van der Waals surface area contributed by atoms with Crippen molar-refractivity contribution in [2.75, 3.05) is 17.8 Å². The summed E-state index contributed by atoms with van der Waals surface area (Å²) in [6.45, 7) is 2.62. The van der Waals surface area contributed by atoms with Gasteiger partial charge in [-0.2, -0.15) is 0 Å². The molecule has 2 aromatic carbocycles. The van der Waals surface area contributed by atoms with Crippen molar-refractivity contribution in [3.63, 3.8) is 0 Å². The summed E-state index contributed by atoms with van der Waals surface area (Å²) in [6, 6.07) is 12.1. The molecule has 0 atom stereocenters. The molecule has 0 aliphatic carbocycles. The number of sulfonamides is 1. The molecule has 6 heteroatoms. The quantitative estimate of drug-likeness (QED) is 0.878. The number of fused-ring (bicyclic) bond motifs is 1. The normalized spacial score (nSPS) is 15.7. The fourth-order valence-electron chi connectivity index (χ4n) is 2.69. The average Bonchev–Trinajstić information content (AvgIpc) is 2.69. The van der Waals surface area contributed by atoms with Crippen LogP contribution in [0.3, 0.4) is 0 Å². The van der Waals surface area contributed by atoms with Crippen molar-refractivity contribution in [1.29, 1.82) is 0 Å². The van der Waals surface area contributed by atoms with E-state index in [-0.39, 0.29) is 4.90 Å². The van der Waals surface area contributed by atoms with Gasteiger partial charge in [-0.15, -0.1) is 9.60 Å². The Hall–Kier alpha value is -1.92. The highest BCUT2D eigenvalue weighted by Crippen LogP contribution is 2.23. The van der Waals surface area contributed by atoms with Gasteiger partial charge in [-0.25, -0.2) is 8.42 Å². The van der Waals surface area contributed by atoms with Crippen LogP contribution >= 0.6 is 0 Å². The second-order valence-corrected chi connectivity index (χ2v) is 7.49. The molecule has 0 aromatic heterocycles. The van der Waals surface area contributed by atoms with E-state index in [1.54, 1.807) is 36.4 Å². The lowest BCUT2D eigenvalue weighted by molar-refractivity contribution is 0.0311. The van der Waals surface area contributed by atoms with E-state index >= 15 is 0 Å². The van der Waals surface area contributed by atoms with Gasteiger partial charge in [0.25, 0.3) is 10.0 Å². The summed E-state index contributed by atoms with van der Waals surface area (Å²) in [6.07, 6.45) is 1.21. The Bertz CT molecular complexity index is 804. The summed E-state index contributed by atoms with van der Waals surface area (Å²) in [7, 11) is -3.61. The van der Waals surface area contributed by atoms with Gasteiger partial charge in [-0.3, -0.25) is 4.72 Å². The first kappa shape index (κ1) is 16.0. The van der Waals surface area contributed by atoms with Crippen molar-refractivity contribution >= 4 is 15.7 Å². The number of nitrogens with one attached hydrogen (secondary N) is 1. The number of aryl methyl sites for hydroxylation is 1. The van der Waals surface area contributed by atoms with Crippen LogP contribution in [0.2, 0.25) is 0 Å². The zero-order valence-corrected chi connectivity index (χ0v) is 13.7. The molecule has 0 spiro atoms. The molecule has 4 nitrogen and oxygen atoms in total. The van der Waals surface area contributed by atoms with Gasteiger partial charge in [0.15, 0.2) is 0 Å². The van der Waals surface area contributed by atoms with Crippen molar-refractivity contribution in [2.24, 2.45) is 0 Å². The molecule has 0 unspecified atom stereocenters. The Balaban J connectivity index is 1.84. The van der Waals surface area contributed by atoms with Gasteiger partial charge in [-0.1, -0.05) is 23.8 Å². The number of rotatable bonds is 3. The molecular formula is C17H19FN2O2S. The molecule has 0 radical (unpaired) electrons. The Morgan fingerprint density at radius 1 is 1.00 bits per heavy atom.